The first-order valence-corrected chi connectivity index (χ1v) is 7.22. The van der Waals surface area contributed by atoms with Crippen molar-refractivity contribution in [2.45, 2.75) is 16.9 Å². The number of para-hydroxylation sites is 1. The van der Waals surface area contributed by atoms with Gasteiger partial charge in [0.15, 0.2) is 4.34 Å². The molecule has 96 valence electrons. The van der Waals surface area contributed by atoms with E-state index in [9.17, 15) is 9.90 Å². The van der Waals surface area contributed by atoms with Crippen LogP contribution in [0.15, 0.2) is 28.6 Å². The number of hydrogen-bond donors (Lipinski definition) is 1. The Hall–Kier alpha value is -1.11. The standard InChI is InChI=1S/C12H13NO3S2/c1-16-11(15)6-8(14)7-17-12-13-9-4-2-3-5-10(9)18-12/h2-5,8,14H,6-7H2,1H3/t8-/m1/s1. The maximum Gasteiger partial charge on any atom is 0.308 e. The molecule has 1 aromatic heterocycles. The van der Waals surface area contributed by atoms with Crippen molar-refractivity contribution in [1.82, 2.24) is 4.98 Å². The summed E-state index contributed by atoms with van der Waals surface area (Å²) in [5.41, 5.74) is 0.965. The summed E-state index contributed by atoms with van der Waals surface area (Å²) in [6, 6.07) is 7.90. The van der Waals surface area contributed by atoms with E-state index >= 15 is 0 Å². The van der Waals surface area contributed by atoms with E-state index < -0.39 is 12.1 Å². The highest BCUT2D eigenvalue weighted by atomic mass is 32.2. The van der Waals surface area contributed by atoms with E-state index in [-0.39, 0.29) is 6.42 Å². The average molecular weight is 283 g/mol. The first-order valence-electron chi connectivity index (χ1n) is 5.42. The van der Waals surface area contributed by atoms with Gasteiger partial charge in [-0.05, 0) is 12.1 Å². The molecule has 0 amide bonds. The van der Waals surface area contributed by atoms with Crippen molar-refractivity contribution in [3.63, 3.8) is 0 Å². The molecule has 1 heterocycles. The van der Waals surface area contributed by atoms with Gasteiger partial charge >= 0.3 is 5.97 Å². The molecule has 0 aliphatic heterocycles. The number of aliphatic hydroxyl groups excluding tert-OH is 1. The molecule has 0 spiro atoms. The van der Waals surface area contributed by atoms with Crippen LogP contribution in [0.25, 0.3) is 10.2 Å². The Morgan fingerprint density at radius 3 is 3.06 bits per heavy atom. The number of hydrogen-bond acceptors (Lipinski definition) is 6. The summed E-state index contributed by atoms with van der Waals surface area (Å²) in [6.07, 6.45) is -0.677. The second-order valence-electron chi connectivity index (χ2n) is 3.69. The molecule has 0 aliphatic carbocycles. The maximum absolute atomic E-state index is 11.0. The summed E-state index contributed by atoms with van der Waals surface area (Å²) in [5, 5.41) is 9.64. The van der Waals surface area contributed by atoms with Gasteiger partial charge in [-0.2, -0.15) is 0 Å². The van der Waals surface area contributed by atoms with Crippen molar-refractivity contribution in [2.75, 3.05) is 12.9 Å². The van der Waals surface area contributed by atoms with E-state index in [1.54, 1.807) is 11.3 Å². The molecule has 0 saturated heterocycles. The Bertz CT molecular complexity index is 508. The number of thioether (sulfide) groups is 1. The largest absolute Gasteiger partial charge is 0.469 e. The number of thiazole rings is 1. The summed E-state index contributed by atoms with van der Waals surface area (Å²) in [6.45, 7) is 0. The summed E-state index contributed by atoms with van der Waals surface area (Å²) in [4.78, 5) is 15.4. The average Bonchev–Trinajstić information content (AvgIpc) is 2.79. The molecule has 0 aliphatic rings. The van der Waals surface area contributed by atoms with Gasteiger partial charge in [-0.3, -0.25) is 4.79 Å². The number of fused-ring (bicyclic) bond motifs is 1. The van der Waals surface area contributed by atoms with Crippen molar-refractivity contribution < 1.29 is 14.6 Å². The quantitative estimate of drug-likeness (QED) is 0.674. The third kappa shape index (κ3) is 3.44. The molecule has 18 heavy (non-hydrogen) atoms. The smallest absolute Gasteiger partial charge is 0.308 e. The zero-order valence-electron chi connectivity index (χ0n) is 9.83. The fourth-order valence-corrected chi connectivity index (χ4v) is 3.44. The van der Waals surface area contributed by atoms with Gasteiger partial charge in [-0.25, -0.2) is 4.98 Å². The third-order valence-corrected chi connectivity index (χ3v) is 4.63. The molecule has 1 atom stereocenters. The predicted molar refractivity (Wildman–Crippen MR) is 73.0 cm³/mol. The molecular formula is C12H13NO3S2. The molecular weight excluding hydrogens is 270 g/mol. The Labute approximate surface area is 113 Å². The van der Waals surface area contributed by atoms with Crippen molar-refractivity contribution >= 4 is 39.3 Å². The lowest BCUT2D eigenvalue weighted by Gasteiger charge is -2.06. The number of nitrogens with zero attached hydrogens (tertiary/aromatic N) is 1. The lowest BCUT2D eigenvalue weighted by molar-refractivity contribution is -0.142. The van der Waals surface area contributed by atoms with Crippen LogP contribution in [0.2, 0.25) is 0 Å². The highest BCUT2D eigenvalue weighted by molar-refractivity contribution is 8.01. The van der Waals surface area contributed by atoms with Crippen LogP contribution in [0, 0.1) is 0 Å². The van der Waals surface area contributed by atoms with E-state index in [2.05, 4.69) is 9.72 Å². The van der Waals surface area contributed by atoms with E-state index in [1.165, 1.54) is 18.9 Å². The number of aromatic nitrogens is 1. The minimum Gasteiger partial charge on any atom is -0.469 e. The molecule has 0 unspecified atom stereocenters. The number of carbonyl (C=O) groups is 1. The number of benzene rings is 1. The summed E-state index contributed by atoms with van der Waals surface area (Å²) < 4.78 is 6.53. The van der Waals surface area contributed by atoms with Crippen LogP contribution in [-0.4, -0.2) is 35.0 Å². The molecule has 2 rings (SSSR count). The Morgan fingerprint density at radius 1 is 1.56 bits per heavy atom. The SMILES string of the molecule is COC(=O)C[C@@H](O)CSc1nc2ccccc2s1. The summed E-state index contributed by atoms with van der Waals surface area (Å²) in [5.74, 6) is 0.0435. The van der Waals surface area contributed by atoms with E-state index in [4.69, 9.17) is 0 Å². The predicted octanol–water partition coefficient (Wildman–Crippen LogP) is 2.31. The van der Waals surface area contributed by atoms with Crippen LogP contribution in [0.3, 0.4) is 0 Å². The molecule has 0 bridgehead atoms. The number of aliphatic hydroxyl groups is 1. The molecule has 0 saturated carbocycles. The van der Waals surface area contributed by atoms with Crippen LogP contribution in [0.4, 0.5) is 0 Å². The second-order valence-corrected chi connectivity index (χ2v) is 5.99. The minimum atomic E-state index is -0.700. The van der Waals surface area contributed by atoms with Crippen LogP contribution in [-0.2, 0) is 9.53 Å². The maximum atomic E-state index is 11.0. The number of rotatable bonds is 5. The Balaban J connectivity index is 1.91. The van der Waals surface area contributed by atoms with Gasteiger partial charge in [0, 0.05) is 5.75 Å². The van der Waals surface area contributed by atoms with Gasteiger partial charge in [-0.15, -0.1) is 11.3 Å². The monoisotopic (exact) mass is 283 g/mol. The zero-order valence-corrected chi connectivity index (χ0v) is 11.5. The number of esters is 1. The van der Waals surface area contributed by atoms with Gasteiger partial charge in [-0.1, -0.05) is 23.9 Å². The first kappa shape index (κ1) is 13.3. The second kappa shape index (κ2) is 6.17. The van der Waals surface area contributed by atoms with Crippen LogP contribution < -0.4 is 0 Å². The van der Waals surface area contributed by atoms with Gasteiger partial charge in [0.05, 0.1) is 29.9 Å². The number of ether oxygens (including phenoxy) is 1. The van der Waals surface area contributed by atoms with Crippen molar-refractivity contribution in [2.24, 2.45) is 0 Å². The fraction of sp³-hybridized carbons (Fsp3) is 0.333. The van der Waals surface area contributed by atoms with Crippen molar-refractivity contribution in [1.29, 1.82) is 0 Å². The molecule has 1 aromatic carbocycles. The molecule has 4 nitrogen and oxygen atoms in total. The molecule has 1 N–H and O–H groups in total. The third-order valence-electron chi connectivity index (χ3n) is 2.30. The Morgan fingerprint density at radius 2 is 2.33 bits per heavy atom. The lowest BCUT2D eigenvalue weighted by atomic mass is 10.3. The molecule has 2 aromatic rings. The number of carbonyl (C=O) groups excluding carboxylic acids is 1. The normalized spacial score (nSPS) is 12.6. The molecule has 6 heteroatoms. The highest BCUT2D eigenvalue weighted by Crippen LogP contribution is 2.29. The van der Waals surface area contributed by atoms with E-state index in [0.717, 1.165) is 14.6 Å². The summed E-state index contributed by atoms with van der Waals surface area (Å²) >= 11 is 3.04. The topological polar surface area (TPSA) is 59.4 Å². The molecule has 0 fully saturated rings. The van der Waals surface area contributed by atoms with E-state index in [0.29, 0.717) is 5.75 Å². The highest BCUT2D eigenvalue weighted by Gasteiger charge is 2.12. The first-order chi connectivity index (χ1) is 8.69. The van der Waals surface area contributed by atoms with Crippen molar-refractivity contribution in [3.8, 4) is 0 Å². The number of methoxy groups -OCH3 is 1. The minimum absolute atomic E-state index is 0.0222. The van der Waals surface area contributed by atoms with Gasteiger partial charge < -0.3 is 9.84 Å². The van der Waals surface area contributed by atoms with Crippen molar-refractivity contribution in [3.05, 3.63) is 24.3 Å². The van der Waals surface area contributed by atoms with Crippen LogP contribution in [0.5, 0.6) is 0 Å². The Kier molecular flexibility index (Phi) is 4.57. The van der Waals surface area contributed by atoms with Gasteiger partial charge in [0.1, 0.15) is 0 Å². The van der Waals surface area contributed by atoms with Crippen LogP contribution >= 0.6 is 23.1 Å². The lowest BCUT2D eigenvalue weighted by Crippen LogP contribution is -2.16. The van der Waals surface area contributed by atoms with E-state index in [1.807, 2.05) is 24.3 Å². The molecule has 0 radical (unpaired) electrons. The van der Waals surface area contributed by atoms with Gasteiger partial charge in [0.25, 0.3) is 0 Å². The van der Waals surface area contributed by atoms with Crippen LogP contribution in [0.1, 0.15) is 6.42 Å². The fourth-order valence-electron chi connectivity index (χ4n) is 1.41. The van der Waals surface area contributed by atoms with Gasteiger partial charge in [0.2, 0.25) is 0 Å². The summed E-state index contributed by atoms with van der Waals surface area (Å²) in [7, 11) is 1.32. The zero-order chi connectivity index (χ0) is 13.0.